The number of hydrogen-bond acceptors (Lipinski definition) is 3. The minimum atomic E-state index is -0.963. The Balaban J connectivity index is 3.80. The molecule has 0 aliphatic carbocycles. The molecular formula is C13H25IN2O3. The van der Waals surface area contributed by atoms with Crippen molar-refractivity contribution in [3.63, 3.8) is 0 Å². The van der Waals surface area contributed by atoms with E-state index in [1.165, 1.54) is 6.42 Å². The smallest absolute Gasteiger partial charge is 0.326 e. The second-order valence-electron chi connectivity index (χ2n) is 4.60. The fourth-order valence-electron chi connectivity index (χ4n) is 1.75. The fourth-order valence-corrected chi connectivity index (χ4v) is 2.29. The first-order valence-electron chi connectivity index (χ1n) is 6.90. The van der Waals surface area contributed by atoms with Crippen LogP contribution in [-0.2, 0) is 9.59 Å². The maximum absolute atomic E-state index is 11.6. The largest absolute Gasteiger partial charge is 0.480 e. The second-order valence-corrected chi connectivity index (χ2v) is 5.67. The summed E-state index contributed by atoms with van der Waals surface area (Å²) in [6.45, 7) is 0.553. The molecule has 0 saturated carbocycles. The Morgan fingerprint density at radius 3 is 2.37 bits per heavy atom. The van der Waals surface area contributed by atoms with Gasteiger partial charge in [-0.05, 0) is 43.1 Å². The number of amides is 1. The van der Waals surface area contributed by atoms with Crippen molar-refractivity contribution in [1.29, 1.82) is 0 Å². The molecule has 0 aliphatic rings. The third kappa shape index (κ3) is 11.2. The number of carbonyl (C=O) groups is 2. The molecule has 0 rings (SSSR count). The first kappa shape index (κ1) is 18.6. The Kier molecular flexibility index (Phi) is 12.4. The van der Waals surface area contributed by atoms with Gasteiger partial charge in [-0.25, -0.2) is 4.79 Å². The summed E-state index contributed by atoms with van der Waals surface area (Å²) in [5, 5.41) is 11.6. The van der Waals surface area contributed by atoms with Crippen LogP contribution in [0.5, 0.6) is 0 Å². The van der Waals surface area contributed by atoms with E-state index in [9.17, 15) is 9.59 Å². The number of unbranched alkanes of at least 4 members (excludes halogenated alkanes) is 4. The Morgan fingerprint density at radius 1 is 1.11 bits per heavy atom. The number of alkyl halides is 1. The molecule has 6 heteroatoms. The van der Waals surface area contributed by atoms with Gasteiger partial charge in [0.15, 0.2) is 0 Å². The summed E-state index contributed by atoms with van der Waals surface area (Å²) in [6, 6.07) is -0.770. The molecule has 19 heavy (non-hydrogen) atoms. The molecule has 1 atom stereocenters. The molecule has 0 heterocycles. The van der Waals surface area contributed by atoms with Crippen LogP contribution < -0.4 is 11.1 Å². The van der Waals surface area contributed by atoms with Gasteiger partial charge in [0.05, 0.1) is 0 Å². The molecule has 0 aromatic heterocycles. The molecule has 4 N–H and O–H groups in total. The zero-order valence-electron chi connectivity index (χ0n) is 11.4. The number of carbonyl (C=O) groups excluding carboxylic acids is 1. The number of halogens is 1. The fraction of sp³-hybridized carbons (Fsp3) is 0.846. The quantitative estimate of drug-likeness (QED) is 0.273. The van der Waals surface area contributed by atoms with Crippen molar-refractivity contribution in [1.82, 2.24) is 5.32 Å². The van der Waals surface area contributed by atoms with Crippen LogP contribution in [0.25, 0.3) is 0 Å². The summed E-state index contributed by atoms with van der Waals surface area (Å²) < 4.78 is 1.15. The van der Waals surface area contributed by atoms with Crippen LogP contribution in [0.15, 0.2) is 0 Å². The molecule has 0 aromatic rings. The summed E-state index contributed by atoms with van der Waals surface area (Å²) in [5.41, 5.74) is 5.36. The van der Waals surface area contributed by atoms with E-state index in [0.717, 1.165) is 36.5 Å². The minimum Gasteiger partial charge on any atom is -0.480 e. The maximum Gasteiger partial charge on any atom is 0.326 e. The number of hydrogen-bond donors (Lipinski definition) is 3. The second kappa shape index (κ2) is 12.7. The van der Waals surface area contributed by atoms with Crippen molar-refractivity contribution in [2.75, 3.05) is 11.0 Å². The molecule has 0 unspecified atom stereocenters. The number of nitrogens with one attached hydrogen (secondary N) is 1. The SMILES string of the molecule is NCCCC[C@H](NC(=O)CCCCCCI)C(=O)O. The van der Waals surface area contributed by atoms with E-state index >= 15 is 0 Å². The Labute approximate surface area is 128 Å². The van der Waals surface area contributed by atoms with E-state index in [4.69, 9.17) is 10.8 Å². The van der Waals surface area contributed by atoms with Gasteiger partial charge in [-0.15, -0.1) is 0 Å². The van der Waals surface area contributed by atoms with Crippen molar-refractivity contribution in [2.45, 2.75) is 57.4 Å². The zero-order valence-corrected chi connectivity index (χ0v) is 13.5. The van der Waals surface area contributed by atoms with Crippen LogP contribution >= 0.6 is 22.6 Å². The monoisotopic (exact) mass is 384 g/mol. The van der Waals surface area contributed by atoms with Crippen LogP contribution in [0, 0.1) is 0 Å². The molecule has 0 aromatic carbocycles. The number of nitrogens with two attached hydrogens (primary N) is 1. The number of carboxylic acids is 1. The normalized spacial score (nSPS) is 12.1. The minimum absolute atomic E-state index is 0.158. The summed E-state index contributed by atoms with van der Waals surface area (Å²) in [5.74, 6) is -1.12. The van der Waals surface area contributed by atoms with Crippen molar-refractivity contribution in [3.05, 3.63) is 0 Å². The average Bonchev–Trinajstić information content (AvgIpc) is 2.37. The first-order valence-corrected chi connectivity index (χ1v) is 8.42. The highest BCUT2D eigenvalue weighted by molar-refractivity contribution is 14.1. The van der Waals surface area contributed by atoms with Gasteiger partial charge in [-0.2, -0.15) is 0 Å². The molecule has 0 fully saturated rings. The van der Waals surface area contributed by atoms with Gasteiger partial charge in [-0.1, -0.05) is 35.4 Å². The number of aliphatic carboxylic acids is 1. The summed E-state index contributed by atoms with van der Waals surface area (Å²) in [7, 11) is 0. The predicted octanol–water partition coefficient (Wildman–Crippen LogP) is 2.07. The Morgan fingerprint density at radius 2 is 1.79 bits per heavy atom. The molecule has 1 amide bonds. The molecule has 0 radical (unpaired) electrons. The summed E-state index contributed by atoms with van der Waals surface area (Å²) in [6.07, 6.45) is 6.56. The zero-order chi connectivity index (χ0) is 14.5. The lowest BCUT2D eigenvalue weighted by molar-refractivity contribution is -0.142. The Hall–Kier alpha value is -0.370. The molecule has 0 saturated heterocycles. The van der Waals surface area contributed by atoms with Gasteiger partial charge in [0.2, 0.25) is 5.91 Å². The topological polar surface area (TPSA) is 92.4 Å². The van der Waals surface area contributed by atoms with Crippen LogP contribution in [0.4, 0.5) is 0 Å². The molecule has 112 valence electrons. The highest BCUT2D eigenvalue weighted by atomic mass is 127. The first-order chi connectivity index (χ1) is 9.11. The van der Waals surface area contributed by atoms with E-state index < -0.39 is 12.0 Å². The molecule has 0 bridgehead atoms. The highest BCUT2D eigenvalue weighted by Crippen LogP contribution is 2.06. The lowest BCUT2D eigenvalue weighted by Gasteiger charge is -2.14. The van der Waals surface area contributed by atoms with Gasteiger partial charge in [0.1, 0.15) is 6.04 Å². The lowest BCUT2D eigenvalue weighted by Crippen LogP contribution is -2.40. The number of rotatable bonds is 12. The molecule has 5 nitrogen and oxygen atoms in total. The third-order valence-corrected chi connectivity index (χ3v) is 3.63. The third-order valence-electron chi connectivity index (χ3n) is 2.87. The van der Waals surface area contributed by atoms with E-state index in [-0.39, 0.29) is 5.91 Å². The van der Waals surface area contributed by atoms with E-state index in [2.05, 4.69) is 27.9 Å². The van der Waals surface area contributed by atoms with Crippen LogP contribution in [0.3, 0.4) is 0 Å². The van der Waals surface area contributed by atoms with E-state index in [1.54, 1.807) is 0 Å². The highest BCUT2D eigenvalue weighted by Gasteiger charge is 2.18. The van der Waals surface area contributed by atoms with Gasteiger partial charge >= 0.3 is 5.97 Å². The van der Waals surface area contributed by atoms with Gasteiger partial charge in [-0.3, -0.25) is 4.79 Å². The molecular weight excluding hydrogens is 359 g/mol. The van der Waals surface area contributed by atoms with Crippen molar-refractivity contribution in [2.24, 2.45) is 5.73 Å². The molecule has 0 aliphatic heterocycles. The van der Waals surface area contributed by atoms with Crippen molar-refractivity contribution < 1.29 is 14.7 Å². The van der Waals surface area contributed by atoms with Crippen LogP contribution in [-0.4, -0.2) is 34.0 Å². The Bertz CT molecular complexity index is 262. The summed E-state index contributed by atoms with van der Waals surface area (Å²) >= 11 is 2.34. The average molecular weight is 384 g/mol. The summed E-state index contributed by atoms with van der Waals surface area (Å²) in [4.78, 5) is 22.6. The maximum atomic E-state index is 11.6. The van der Waals surface area contributed by atoms with Crippen molar-refractivity contribution >= 4 is 34.5 Å². The van der Waals surface area contributed by atoms with Crippen molar-refractivity contribution in [3.8, 4) is 0 Å². The van der Waals surface area contributed by atoms with Gasteiger partial charge < -0.3 is 16.2 Å². The van der Waals surface area contributed by atoms with Gasteiger partial charge in [0, 0.05) is 6.42 Å². The predicted molar refractivity (Wildman–Crippen MR) is 84.4 cm³/mol. The molecule has 0 spiro atoms. The number of carboxylic acid groups (broad SMARTS) is 1. The standard InChI is InChI=1S/C13H25IN2O3/c14-9-5-2-1-3-8-12(17)16-11(13(18)19)7-4-6-10-15/h11H,1-10,15H2,(H,16,17)(H,18,19)/t11-/m0/s1. The van der Waals surface area contributed by atoms with E-state index in [0.29, 0.717) is 19.4 Å². The van der Waals surface area contributed by atoms with Crippen LogP contribution in [0.1, 0.15) is 51.4 Å². The van der Waals surface area contributed by atoms with Crippen LogP contribution in [0.2, 0.25) is 0 Å². The van der Waals surface area contributed by atoms with Gasteiger partial charge in [0.25, 0.3) is 0 Å². The lowest BCUT2D eigenvalue weighted by atomic mass is 10.1. The van der Waals surface area contributed by atoms with E-state index in [1.807, 2.05) is 0 Å².